The molecule has 7 nitrogen and oxygen atoms in total. The van der Waals surface area contributed by atoms with Crippen molar-refractivity contribution in [2.45, 2.75) is 38.0 Å². The lowest BCUT2D eigenvalue weighted by molar-refractivity contribution is -0.153. The van der Waals surface area contributed by atoms with E-state index in [1.807, 2.05) is 30.3 Å². The highest BCUT2D eigenvalue weighted by Gasteiger charge is 2.49. The fourth-order valence-electron chi connectivity index (χ4n) is 2.38. The fraction of sp³-hybridized carbons (Fsp3) is 0.421. The Labute approximate surface area is 152 Å². The van der Waals surface area contributed by atoms with Crippen molar-refractivity contribution in [1.82, 2.24) is 5.32 Å². The molecule has 0 bridgehead atoms. The zero-order valence-electron chi connectivity index (χ0n) is 15.1. The molecule has 0 saturated carbocycles. The highest BCUT2D eigenvalue weighted by molar-refractivity contribution is 5.84. The average molecular weight is 361 g/mol. The predicted molar refractivity (Wildman–Crippen MR) is 93.1 cm³/mol. The summed E-state index contributed by atoms with van der Waals surface area (Å²) in [6, 6.07) is 8.46. The van der Waals surface area contributed by atoms with Gasteiger partial charge in [0.15, 0.2) is 6.10 Å². The van der Waals surface area contributed by atoms with Crippen LogP contribution >= 0.6 is 0 Å². The number of esters is 2. The summed E-state index contributed by atoms with van der Waals surface area (Å²) in [5.41, 5.74) is 0.201. The number of epoxide rings is 1. The molecule has 1 amide bonds. The number of carbonyl (C=O) groups excluding carboxylic acids is 3. The molecule has 140 valence electrons. The van der Waals surface area contributed by atoms with Gasteiger partial charge >= 0.3 is 11.9 Å². The molecule has 0 aliphatic carbocycles. The van der Waals surface area contributed by atoms with Gasteiger partial charge in [-0.1, -0.05) is 30.3 Å². The maximum absolute atomic E-state index is 12.6. The van der Waals surface area contributed by atoms with Gasteiger partial charge in [0.1, 0.15) is 11.6 Å². The molecule has 1 heterocycles. The maximum atomic E-state index is 12.6. The highest BCUT2D eigenvalue weighted by Crippen LogP contribution is 2.33. The minimum Gasteiger partial charge on any atom is -0.466 e. The van der Waals surface area contributed by atoms with Crippen LogP contribution in [0.4, 0.5) is 0 Å². The summed E-state index contributed by atoms with van der Waals surface area (Å²) in [7, 11) is 1.26. The van der Waals surface area contributed by atoms with Crippen LogP contribution in [-0.4, -0.2) is 49.3 Å². The Morgan fingerprint density at radius 3 is 2.50 bits per heavy atom. The topological polar surface area (TPSA) is 94.2 Å². The molecule has 1 aromatic rings. The van der Waals surface area contributed by atoms with E-state index in [4.69, 9.17) is 9.47 Å². The lowest BCUT2D eigenvalue weighted by atomic mass is 10.0. The molecule has 1 fully saturated rings. The van der Waals surface area contributed by atoms with Crippen LogP contribution in [0.3, 0.4) is 0 Å². The Morgan fingerprint density at radius 1 is 1.31 bits per heavy atom. The van der Waals surface area contributed by atoms with Crippen molar-refractivity contribution in [3.8, 4) is 0 Å². The number of hydrogen-bond acceptors (Lipinski definition) is 6. The number of hydrogen-bond donors (Lipinski definition) is 1. The first-order valence-electron chi connectivity index (χ1n) is 8.25. The van der Waals surface area contributed by atoms with Crippen LogP contribution in [0.5, 0.6) is 0 Å². The first-order valence-corrected chi connectivity index (χ1v) is 8.25. The minimum absolute atomic E-state index is 0.296. The van der Waals surface area contributed by atoms with Gasteiger partial charge < -0.3 is 19.5 Å². The quantitative estimate of drug-likeness (QED) is 0.424. The lowest BCUT2D eigenvalue weighted by Crippen LogP contribution is -2.45. The van der Waals surface area contributed by atoms with Gasteiger partial charge in [0, 0.05) is 19.4 Å². The second-order valence-electron chi connectivity index (χ2n) is 6.28. The van der Waals surface area contributed by atoms with Crippen molar-refractivity contribution in [3.63, 3.8) is 0 Å². The van der Waals surface area contributed by atoms with Gasteiger partial charge in [-0.05, 0) is 18.6 Å². The number of benzene rings is 1. The Balaban J connectivity index is 2.11. The smallest absolute Gasteiger partial charge is 0.330 e. The van der Waals surface area contributed by atoms with Gasteiger partial charge in [0.25, 0.3) is 0 Å². The SMILES string of the molecule is COC(=O)/C=C/C(OC(=O)C(Cc1ccccc1)NC(C)=O)C1(C)CO1. The van der Waals surface area contributed by atoms with Crippen molar-refractivity contribution in [2.75, 3.05) is 13.7 Å². The van der Waals surface area contributed by atoms with E-state index in [9.17, 15) is 14.4 Å². The van der Waals surface area contributed by atoms with Crippen LogP contribution in [-0.2, 0) is 35.0 Å². The summed E-state index contributed by atoms with van der Waals surface area (Å²) in [6.45, 7) is 3.52. The zero-order chi connectivity index (χ0) is 19.2. The largest absolute Gasteiger partial charge is 0.466 e. The van der Waals surface area contributed by atoms with Crippen molar-refractivity contribution in [1.29, 1.82) is 0 Å². The summed E-state index contributed by atoms with van der Waals surface area (Å²) in [4.78, 5) is 35.4. The van der Waals surface area contributed by atoms with Gasteiger partial charge in [-0.3, -0.25) is 4.79 Å². The molecule has 3 unspecified atom stereocenters. The van der Waals surface area contributed by atoms with Gasteiger partial charge in [-0.15, -0.1) is 0 Å². The third-order valence-electron chi connectivity index (χ3n) is 4.00. The van der Waals surface area contributed by atoms with Crippen molar-refractivity contribution < 1.29 is 28.6 Å². The molecular weight excluding hydrogens is 338 g/mol. The van der Waals surface area contributed by atoms with E-state index in [1.54, 1.807) is 6.92 Å². The third-order valence-corrected chi connectivity index (χ3v) is 4.00. The highest BCUT2D eigenvalue weighted by atomic mass is 16.6. The molecule has 1 aliphatic heterocycles. The summed E-state index contributed by atoms with van der Waals surface area (Å²) in [5.74, 6) is -1.49. The average Bonchev–Trinajstić information content (AvgIpc) is 3.36. The van der Waals surface area contributed by atoms with E-state index in [0.29, 0.717) is 13.0 Å². The fourth-order valence-corrected chi connectivity index (χ4v) is 2.38. The van der Waals surface area contributed by atoms with Crippen LogP contribution < -0.4 is 5.32 Å². The third kappa shape index (κ3) is 5.70. The molecule has 7 heteroatoms. The van der Waals surface area contributed by atoms with Gasteiger partial charge in [-0.2, -0.15) is 0 Å². The molecule has 0 spiro atoms. The van der Waals surface area contributed by atoms with Crippen LogP contribution in [0.2, 0.25) is 0 Å². The summed E-state index contributed by atoms with van der Waals surface area (Å²) < 4.78 is 15.4. The summed E-state index contributed by atoms with van der Waals surface area (Å²) in [6.07, 6.45) is 2.16. The molecule has 1 aromatic carbocycles. The first-order chi connectivity index (χ1) is 12.3. The Kier molecular flexibility index (Phi) is 6.52. The number of rotatable bonds is 8. The predicted octanol–water partition coefficient (Wildman–Crippen LogP) is 1.16. The van der Waals surface area contributed by atoms with E-state index < -0.39 is 29.7 Å². The summed E-state index contributed by atoms with van der Waals surface area (Å²) >= 11 is 0. The molecule has 2 rings (SSSR count). The van der Waals surface area contributed by atoms with Crippen LogP contribution in [0.1, 0.15) is 19.4 Å². The number of carbonyl (C=O) groups is 3. The molecule has 0 aromatic heterocycles. The van der Waals surface area contributed by atoms with Crippen LogP contribution in [0.15, 0.2) is 42.5 Å². The first kappa shape index (κ1) is 19.7. The van der Waals surface area contributed by atoms with E-state index in [1.165, 1.54) is 26.2 Å². The second kappa shape index (κ2) is 8.62. The van der Waals surface area contributed by atoms with Gasteiger partial charge in [0.2, 0.25) is 5.91 Å². The number of nitrogens with one attached hydrogen (secondary N) is 1. The van der Waals surface area contributed by atoms with E-state index in [0.717, 1.165) is 5.56 Å². The molecule has 1 aliphatic rings. The van der Waals surface area contributed by atoms with Crippen molar-refractivity contribution in [3.05, 3.63) is 48.0 Å². The molecule has 3 atom stereocenters. The van der Waals surface area contributed by atoms with E-state index in [-0.39, 0.29) is 5.91 Å². The molecule has 0 radical (unpaired) electrons. The molecular formula is C19H23NO6. The van der Waals surface area contributed by atoms with Crippen LogP contribution in [0, 0.1) is 0 Å². The Hall–Kier alpha value is -2.67. The molecule has 1 N–H and O–H groups in total. The number of ether oxygens (including phenoxy) is 3. The van der Waals surface area contributed by atoms with E-state index >= 15 is 0 Å². The number of amides is 1. The minimum atomic E-state index is -0.841. The van der Waals surface area contributed by atoms with Gasteiger partial charge in [0.05, 0.1) is 13.7 Å². The van der Waals surface area contributed by atoms with Crippen molar-refractivity contribution >= 4 is 17.8 Å². The Morgan fingerprint density at radius 2 is 1.96 bits per heavy atom. The number of methoxy groups -OCH3 is 1. The normalized spacial score (nSPS) is 20.9. The molecule has 1 saturated heterocycles. The van der Waals surface area contributed by atoms with Crippen molar-refractivity contribution in [2.24, 2.45) is 0 Å². The lowest BCUT2D eigenvalue weighted by Gasteiger charge is -2.22. The maximum Gasteiger partial charge on any atom is 0.330 e. The zero-order valence-corrected chi connectivity index (χ0v) is 15.1. The van der Waals surface area contributed by atoms with Gasteiger partial charge in [-0.25, -0.2) is 9.59 Å². The van der Waals surface area contributed by atoms with Crippen LogP contribution in [0.25, 0.3) is 0 Å². The summed E-state index contributed by atoms with van der Waals surface area (Å²) in [5, 5.41) is 2.61. The molecule has 26 heavy (non-hydrogen) atoms. The monoisotopic (exact) mass is 361 g/mol. The second-order valence-corrected chi connectivity index (χ2v) is 6.28. The standard InChI is InChI=1S/C19H23NO6/c1-13(21)20-15(11-14-7-5-4-6-8-14)18(23)26-16(19(2)12-25-19)9-10-17(22)24-3/h4-10,15-16H,11-12H2,1-3H3,(H,20,21)/b10-9+. The van der Waals surface area contributed by atoms with E-state index in [2.05, 4.69) is 10.1 Å². The Bertz CT molecular complexity index is 681.